The van der Waals surface area contributed by atoms with Crippen molar-refractivity contribution in [3.05, 3.63) is 35.9 Å². The first kappa shape index (κ1) is 17.2. The average Bonchev–Trinajstić information content (AvgIpc) is 2.43. The van der Waals surface area contributed by atoms with Gasteiger partial charge in [-0.2, -0.15) is 0 Å². The van der Waals surface area contributed by atoms with Crippen molar-refractivity contribution in [2.24, 2.45) is 5.92 Å². The van der Waals surface area contributed by atoms with E-state index in [0.717, 1.165) is 12.0 Å². The van der Waals surface area contributed by atoms with Gasteiger partial charge >= 0.3 is 5.97 Å². The molecule has 1 atom stereocenters. The van der Waals surface area contributed by atoms with Crippen molar-refractivity contribution in [2.45, 2.75) is 52.0 Å². The molecule has 0 spiro atoms. The molecule has 0 saturated carbocycles. The van der Waals surface area contributed by atoms with Gasteiger partial charge in [0, 0.05) is 12.8 Å². The van der Waals surface area contributed by atoms with E-state index in [-0.39, 0.29) is 18.4 Å². The molecular weight excluding hydrogens is 266 g/mol. The highest BCUT2D eigenvalue weighted by molar-refractivity contribution is 5.76. The van der Waals surface area contributed by atoms with Gasteiger partial charge in [-0.05, 0) is 30.7 Å². The van der Waals surface area contributed by atoms with Gasteiger partial charge < -0.3 is 10.4 Å². The zero-order valence-corrected chi connectivity index (χ0v) is 12.8. The minimum atomic E-state index is -0.808. The molecule has 1 amide bonds. The first-order valence-electron chi connectivity index (χ1n) is 7.55. The number of aliphatic carboxylic acids is 1. The molecule has 116 valence electrons. The van der Waals surface area contributed by atoms with Crippen LogP contribution in [0.4, 0.5) is 0 Å². The largest absolute Gasteiger partial charge is 0.481 e. The third kappa shape index (κ3) is 7.49. The third-order valence-electron chi connectivity index (χ3n) is 3.29. The number of benzene rings is 1. The van der Waals surface area contributed by atoms with Crippen LogP contribution in [0.25, 0.3) is 0 Å². The van der Waals surface area contributed by atoms with E-state index < -0.39 is 5.97 Å². The number of amides is 1. The first-order chi connectivity index (χ1) is 9.99. The van der Waals surface area contributed by atoms with Crippen LogP contribution < -0.4 is 5.32 Å². The number of hydrogen-bond donors (Lipinski definition) is 2. The Morgan fingerprint density at radius 1 is 1.10 bits per heavy atom. The molecule has 4 nitrogen and oxygen atoms in total. The molecule has 0 bridgehead atoms. The highest BCUT2D eigenvalue weighted by atomic mass is 16.4. The quantitative estimate of drug-likeness (QED) is 0.684. The molecule has 0 radical (unpaired) electrons. The fraction of sp³-hybridized carbons (Fsp3) is 0.529. The highest BCUT2D eigenvalue weighted by Gasteiger charge is 2.15. The van der Waals surface area contributed by atoms with Crippen LogP contribution in [-0.4, -0.2) is 17.0 Å². The van der Waals surface area contributed by atoms with Crippen molar-refractivity contribution >= 4 is 11.9 Å². The molecule has 0 fully saturated rings. The predicted octanol–water partition coefficient (Wildman–Crippen LogP) is 3.54. The van der Waals surface area contributed by atoms with Gasteiger partial charge in [0.2, 0.25) is 5.91 Å². The molecule has 0 aromatic heterocycles. The summed E-state index contributed by atoms with van der Waals surface area (Å²) in [6.07, 6.45) is 2.56. The first-order valence-corrected chi connectivity index (χ1v) is 7.55. The molecule has 0 heterocycles. The maximum absolute atomic E-state index is 12.0. The zero-order valence-electron chi connectivity index (χ0n) is 12.8. The topological polar surface area (TPSA) is 66.4 Å². The van der Waals surface area contributed by atoms with Gasteiger partial charge in [-0.3, -0.25) is 9.59 Å². The van der Waals surface area contributed by atoms with E-state index in [0.29, 0.717) is 25.2 Å². The van der Waals surface area contributed by atoms with E-state index in [1.54, 1.807) is 0 Å². The van der Waals surface area contributed by atoms with Crippen molar-refractivity contribution < 1.29 is 14.7 Å². The number of nitrogens with one attached hydrogen (secondary N) is 1. The SMILES string of the molecule is CC(C)CC(NC(=O)CCCCC(=O)O)c1ccccc1. The molecule has 1 aromatic carbocycles. The zero-order chi connectivity index (χ0) is 15.7. The highest BCUT2D eigenvalue weighted by Crippen LogP contribution is 2.21. The van der Waals surface area contributed by atoms with Crippen LogP contribution in [0.2, 0.25) is 0 Å². The van der Waals surface area contributed by atoms with E-state index in [1.165, 1.54) is 0 Å². The normalized spacial score (nSPS) is 12.1. The van der Waals surface area contributed by atoms with Crippen LogP contribution in [0, 0.1) is 5.92 Å². The van der Waals surface area contributed by atoms with Crippen molar-refractivity contribution in [1.82, 2.24) is 5.32 Å². The summed E-state index contributed by atoms with van der Waals surface area (Å²) in [5, 5.41) is 11.6. The number of rotatable bonds is 9. The Balaban J connectivity index is 2.49. The van der Waals surface area contributed by atoms with Crippen molar-refractivity contribution in [1.29, 1.82) is 0 Å². The van der Waals surface area contributed by atoms with Gasteiger partial charge in [0.05, 0.1) is 6.04 Å². The summed E-state index contributed by atoms with van der Waals surface area (Å²) in [5.41, 5.74) is 1.12. The lowest BCUT2D eigenvalue weighted by Gasteiger charge is -2.21. The molecule has 4 heteroatoms. The summed E-state index contributed by atoms with van der Waals surface area (Å²) in [5.74, 6) is -0.324. The molecule has 0 aliphatic heterocycles. The average molecular weight is 291 g/mol. The minimum absolute atomic E-state index is 0.00473. The molecule has 1 aromatic rings. The van der Waals surface area contributed by atoms with E-state index in [2.05, 4.69) is 19.2 Å². The van der Waals surface area contributed by atoms with Crippen LogP contribution in [0.15, 0.2) is 30.3 Å². The van der Waals surface area contributed by atoms with Gasteiger partial charge in [-0.25, -0.2) is 0 Å². The van der Waals surface area contributed by atoms with Crippen LogP contribution >= 0.6 is 0 Å². The number of unbranched alkanes of at least 4 members (excludes halogenated alkanes) is 1. The van der Waals surface area contributed by atoms with Crippen LogP contribution in [-0.2, 0) is 9.59 Å². The standard InChI is InChI=1S/C17H25NO3/c1-13(2)12-15(14-8-4-3-5-9-14)18-16(19)10-6-7-11-17(20)21/h3-5,8-9,13,15H,6-7,10-12H2,1-2H3,(H,18,19)(H,20,21). The summed E-state index contributed by atoms with van der Waals surface area (Å²) < 4.78 is 0. The van der Waals surface area contributed by atoms with Gasteiger partial charge in [0.25, 0.3) is 0 Å². The lowest BCUT2D eigenvalue weighted by Crippen LogP contribution is -2.29. The van der Waals surface area contributed by atoms with E-state index in [9.17, 15) is 9.59 Å². The molecule has 1 unspecified atom stereocenters. The maximum atomic E-state index is 12.0. The number of carbonyl (C=O) groups is 2. The van der Waals surface area contributed by atoms with Gasteiger partial charge in [-0.1, -0.05) is 44.2 Å². The lowest BCUT2D eigenvalue weighted by molar-refractivity contribution is -0.137. The second-order valence-electron chi connectivity index (χ2n) is 5.76. The Morgan fingerprint density at radius 2 is 1.71 bits per heavy atom. The van der Waals surface area contributed by atoms with Gasteiger partial charge in [-0.15, -0.1) is 0 Å². The molecule has 1 rings (SSSR count). The Kier molecular flexibility index (Phi) is 7.51. The van der Waals surface area contributed by atoms with E-state index in [1.807, 2.05) is 30.3 Å². The summed E-state index contributed by atoms with van der Waals surface area (Å²) >= 11 is 0. The van der Waals surface area contributed by atoms with E-state index >= 15 is 0 Å². The molecule has 21 heavy (non-hydrogen) atoms. The Morgan fingerprint density at radius 3 is 2.29 bits per heavy atom. The number of hydrogen-bond acceptors (Lipinski definition) is 2. The maximum Gasteiger partial charge on any atom is 0.303 e. The van der Waals surface area contributed by atoms with Gasteiger partial charge in [0.1, 0.15) is 0 Å². The Labute approximate surface area is 126 Å². The lowest BCUT2D eigenvalue weighted by atomic mass is 9.97. The minimum Gasteiger partial charge on any atom is -0.481 e. The summed E-state index contributed by atoms with van der Waals surface area (Å²) in [4.78, 5) is 22.4. The monoisotopic (exact) mass is 291 g/mol. The summed E-state index contributed by atoms with van der Waals surface area (Å²) in [7, 11) is 0. The second-order valence-corrected chi connectivity index (χ2v) is 5.76. The third-order valence-corrected chi connectivity index (χ3v) is 3.29. The number of carboxylic acids is 1. The van der Waals surface area contributed by atoms with Crippen molar-refractivity contribution in [3.63, 3.8) is 0 Å². The number of carboxylic acid groups (broad SMARTS) is 1. The Hall–Kier alpha value is -1.84. The number of carbonyl (C=O) groups excluding carboxylic acids is 1. The van der Waals surface area contributed by atoms with Crippen molar-refractivity contribution in [2.75, 3.05) is 0 Å². The second kappa shape index (κ2) is 9.16. The van der Waals surface area contributed by atoms with Crippen LogP contribution in [0.3, 0.4) is 0 Å². The predicted molar refractivity (Wildman–Crippen MR) is 82.9 cm³/mol. The molecule has 0 saturated heterocycles. The summed E-state index contributed by atoms with van der Waals surface area (Å²) in [6.45, 7) is 4.27. The van der Waals surface area contributed by atoms with Crippen LogP contribution in [0.1, 0.15) is 57.6 Å². The smallest absolute Gasteiger partial charge is 0.303 e. The Bertz CT molecular complexity index is 443. The van der Waals surface area contributed by atoms with E-state index in [4.69, 9.17) is 5.11 Å². The van der Waals surface area contributed by atoms with Crippen LogP contribution in [0.5, 0.6) is 0 Å². The summed E-state index contributed by atoms with van der Waals surface area (Å²) in [6, 6.07) is 9.99. The molecular formula is C17H25NO3. The molecule has 0 aliphatic rings. The molecule has 2 N–H and O–H groups in total. The van der Waals surface area contributed by atoms with Gasteiger partial charge in [0.15, 0.2) is 0 Å². The van der Waals surface area contributed by atoms with Crippen molar-refractivity contribution in [3.8, 4) is 0 Å². The fourth-order valence-electron chi connectivity index (χ4n) is 2.26. The fourth-order valence-corrected chi connectivity index (χ4v) is 2.26. The molecule has 0 aliphatic carbocycles.